The molecule has 1 aromatic carbocycles. The molecule has 4 nitrogen and oxygen atoms in total. The molecule has 0 saturated carbocycles. The van der Waals surface area contributed by atoms with Crippen LogP contribution in [0.1, 0.15) is 24.0 Å². The van der Waals surface area contributed by atoms with Crippen molar-refractivity contribution in [2.45, 2.75) is 25.8 Å². The molecule has 0 bridgehead atoms. The molecule has 22 heavy (non-hydrogen) atoms. The van der Waals surface area contributed by atoms with Gasteiger partial charge >= 0.3 is 0 Å². The molecule has 1 amide bonds. The largest absolute Gasteiger partial charge is 0.497 e. The van der Waals surface area contributed by atoms with E-state index >= 15 is 0 Å². The molecule has 118 valence electrons. The van der Waals surface area contributed by atoms with Crippen LogP contribution in [0.25, 0.3) is 0 Å². The topological polar surface area (TPSA) is 38.8 Å². The van der Waals surface area contributed by atoms with E-state index in [1.807, 2.05) is 11.0 Å². The van der Waals surface area contributed by atoms with E-state index in [0.29, 0.717) is 13.0 Å². The number of carbonyl (C=O) groups excluding carboxylic acids is 1. The average molecular weight is 319 g/mol. The predicted octanol–water partition coefficient (Wildman–Crippen LogP) is 3.00. The van der Waals surface area contributed by atoms with Crippen molar-refractivity contribution in [1.29, 1.82) is 0 Å². The lowest BCUT2D eigenvalue weighted by molar-refractivity contribution is -0.131. The number of hydrogen-bond acceptors (Lipinski definition) is 4. The number of benzene rings is 1. The Morgan fingerprint density at radius 1 is 1.32 bits per heavy atom. The first-order valence-corrected chi connectivity index (χ1v) is 8.53. The number of rotatable bonds is 4. The second kappa shape index (κ2) is 6.65. The van der Waals surface area contributed by atoms with Crippen LogP contribution < -0.4 is 9.47 Å². The maximum absolute atomic E-state index is 12.5. The zero-order valence-corrected chi connectivity index (χ0v) is 13.9. The van der Waals surface area contributed by atoms with Crippen LogP contribution in [0.5, 0.6) is 11.5 Å². The summed E-state index contributed by atoms with van der Waals surface area (Å²) in [6.07, 6.45) is 4.66. The molecule has 0 fully saturated rings. The Morgan fingerprint density at radius 3 is 2.86 bits per heavy atom. The minimum atomic E-state index is 0.212. The SMILES string of the molecule is COc1cc2c(c(OC)c1)CN(C(=O)CC1=CCCS1)CC2. The quantitative estimate of drug-likeness (QED) is 0.855. The molecule has 5 heteroatoms. The van der Waals surface area contributed by atoms with Gasteiger partial charge in [-0.1, -0.05) is 6.08 Å². The first-order valence-electron chi connectivity index (χ1n) is 7.54. The van der Waals surface area contributed by atoms with Crippen LogP contribution in [-0.2, 0) is 17.8 Å². The Hall–Kier alpha value is -1.62. The van der Waals surface area contributed by atoms with Crippen molar-refractivity contribution >= 4 is 17.7 Å². The molecule has 0 N–H and O–H groups in total. The Balaban J connectivity index is 1.76. The number of nitrogens with zero attached hydrogens (tertiary/aromatic N) is 1. The highest BCUT2D eigenvalue weighted by Gasteiger charge is 2.25. The molecule has 0 radical (unpaired) electrons. The summed E-state index contributed by atoms with van der Waals surface area (Å²) in [6.45, 7) is 1.39. The van der Waals surface area contributed by atoms with Gasteiger partial charge in [0.15, 0.2) is 0 Å². The Labute approximate surface area is 135 Å². The number of thioether (sulfide) groups is 1. The highest BCUT2D eigenvalue weighted by atomic mass is 32.2. The van der Waals surface area contributed by atoms with Crippen molar-refractivity contribution in [1.82, 2.24) is 4.90 Å². The van der Waals surface area contributed by atoms with Crippen LogP contribution >= 0.6 is 11.8 Å². The lowest BCUT2D eigenvalue weighted by Crippen LogP contribution is -2.36. The second-order valence-corrected chi connectivity index (χ2v) is 6.74. The fraction of sp³-hybridized carbons (Fsp3) is 0.471. The van der Waals surface area contributed by atoms with Gasteiger partial charge in [0.2, 0.25) is 5.91 Å². The standard InChI is InChI=1S/C17H21NO3S/c1-20-13-8-12-5-6-18(11-15(12)16(9-13)21-2)17(19)10-14-4-3-7-22-14/h4,8-9H,3,5-7,10-11H2,1-2H3. The molecular formula is C17H21NO3S. The van der Waals surface area contributed by atoms with E-state index in [9.17, 15) is 4.79 Å². The lowest BCUT2D eigenvalue weighted by Gasteiger charge is -2.30. The number of carbonyl (C=O) groups is 1. The Bertz CT molecular complexity index is 595. The van der Waals surface area contributed by atoms with Gasteiger partial charge in [-0.3, -0.25) is 4.79 Å². The Kier molecular flexibility index (Phi) is 4.62. The smallest absolute Gasteiger partial charge is 0.227 e. The Morgan fingerprint density at radius 2 is 2.18 bits per heavy atom. The number of amides is 1. The van der Waals surface area contributed by atoms with Crippen LogP contribution in [0.3, 0.4) is 0 Å². The van der Waals surface area contributed by atoms with E-state index in [1.54, 1.807) is 26.0 Å². The summed E-state index contributed by atoms with van der Waals surface area (Å²) in [5, 5.41) is 0. The highest BCUT2D eigenvalue weighted by molar-refractivity contribution is 8.03. The molecule has 0 spiro atoms. The van der Waals surface area contributed by atoms with Crippen molar-refractivity contribution < 1.29 is 14.3 Å². The molecule has 0 saturated heterocycles. The zero-order valence-electron chi connectivity index (χ0n) is 13.1. The third-order valence-corrected chi connectivity index (χ3v) is 5.31. The second-order valence-electron chi connectivity index (χ2n) is 5.52. The molecule has 1 aromatic rings. The van der Waals surface area contributed by atoms with Gasteiger partial charge in [-0.15, -0.1) is 11.8 Å². The van der Waals surface area contributed by atoms with Gasteiger partial charge in [-0.25, -0.2) is 0 Å². The molecule has 0 atom stereocenters. The summed E-state index contributed by atoms with van der Waals surface area (Å²) in [7, 11) is 3.32. The number of allylic oxidation sites excluding steroid dienone is 1. The summed E-state index contributed by atoms with van der Waals surface area (Å²) in [5.41, 5.74) is 2.32. The lowest BCUT2D eigenvalue weighted by atomic mass is 9.98. The van der Waals surface area contributed by atoms with Gasteiger partial charge in [0.1, 0.15) is 11.5 Å². The van der Waals surface area contributed by atoms with E-state index in [4.69, 9.17) is 9.47 Å². The number of methoxy groups -OCH3 is 2. The van der Waals surface area contributed by atoms with Gasteiger partial charge in [0, 0.05) is 30.5 Å². The van der Waals surface area contributed by atoms with Crippen molar-refractivity contribution in [2.75, 3.05) is 26.5 Å². The maximum Gasteiger partial charge on any atom is 0.227 e. The molecular weight excluding hydrogens is 298 g/mol. The fourth-order valence-electron chi connectivity index (χ4n) is 2.97. The van der Waals surface area contributed by atoms with Crippen molar-refractivity contribution in [3.8, 4) is 11.5 Å². The van der Waals surface area contributed by atoms with Crippen molar-refractivity contribution in [3.05, 3.63) is 34.2 Å². The van der Waals surface area contributed by atoms with Crippen LogP contribution in [0.15, 0.2) is 23.1 Å². The van der Waals surface area contributed by atoms with Crippen LogP contribution in [0, 0.1) is 0 Å². The molecule has 2 aliphatic heterocycles. The molecule has 0 aliphatic carbocycles. The van der Waals surface area contributed by atoms with E-state index in [0.717, 1.165) is 42.2 Å². The minimum absolute atomic E-state index is 0.212. The van der Waals surface area contributed by atoms with Crippen LogP contribution in [0.2, 0.25) is 0 Å². The molecule has 0 unspecified atom stereocenters. The van der Waals surface area contributed by atoms with Crippen molar-refractivity contribution in [3.63, 3.8) is 0 Å². The van der Waals surface area contributed by atoms with Crippen molar-refractivity contribution in [2.24, 2.45) is 0 Å². The van der Waals surface area contributed by atoms with E-state index in [1.165, 1.54) is 10.5 Å². The highest BCUT2D eigenvalue weighted by Crippen LogP contribution is 2.34. The third-order valence-electron chi connectivity index (χ3n) is 4.19. The fourth-order valence-corrected chi connectivity index (χ4v) is 3.93. The van der Waals surface area contributed by atoms with Gasteiger partial charge in [-0.05, 0) is 29.4 Å². The number of fused-ring (bicyclic) bond motifs is 1. The number of ether oxygens (including phenoxy) is 2. The van der Waals surface area contributed by atoms with Crippen LogP contribution in [0.4, 0.5) is 0 Å². The average Bonchev–Trinajstić information content (AvgIpc) is 3.06. The van der Waals surface area contributed by atoms with E-state index in [2.05, 4.69) is 12.1 Å². The molecule has 0 aromatic heterocycles. The third kappa shape index (κ3) is 3.09. The first kappa shape index (κ1) is 15.3. The summed E-state index contributed by atoms with van der Waals surface area (Å²) < 4.78 is 10.8. The maximum atomic E-state index is 12.5. The van der Waals surface area contributed by atoms with E-state index < -0.39 is 0 Å². The normalized spacial score (nSPS) is 17.0. The minimum Gasteiger partial charge on any atom is -0.497 e. The van der Waals surface area contributed by atoms with Gasteiger partial charge < -0.3 is 14.4 Å². The summed E-state index contributed by atoms with van der Waals surface area (Å²) in [5.74, 6) is 2.94. The number of hydrogen-bond donors (Lipinski definition) is 0. The summed E-state index contributed by atoms with van der Waals surface area (Å²) in [4.78, 5) is 15.7. The predicted molar refractivity (Wildman–Crippen MR) is 88.4 cm³/mol. The monoisotopic (exact) mass is 319 g/mol. The zero-order chi connectivity index (χ0) is 15.5. The molecule has 2 heterocycles. The summed E-state index contributed by atoms with van der Waals surface area (Å²) in [6, 6.07) is 3.94. The molecule has 2 aliphatic rings. The first-order chi connectivity index (χ1) is 10.7. The van der Waals surface area contributed by atoms with Gasteiger partial charge in [0.25, 0.3) is 0 Å². The van der Waals surface area contributed by atoms with E-state index in [-0.39, 0.29) is 5.91 Å². The summed E-state index contributed by atoms with van der Waals surface area (Å²) >= 11 is 1.81. The van der Waals surface area contributed by atoms with Crippen LogP contribution in [-0.4, -0.2) is 37.3 Å². The molecule has 3 rings (SSSR count). The van der Waals surface area contributed by atoms with Gasteiger partial charge in [0.05, 0.1) is 20.6 Å². The van der Waals surface area contributed by atoms with Gasteiger partial charge in [-0.2, -0.15) is 0 Å².